The van der Waals surface area contributed by atoms with E-state index in [-0.39, 0.29) is 21.8 Å². The van der Waals surface area contributed by atoms with E-state index in [0.29, 0.717) is 17.3 Å². The Morgan fingerprint density at radius 1 is 1.28 bits per heavy atom. The quantitative estimate of drug-likeness (QED) is 0.748. The second kappa shape index (κ2) is 5.79. The maximum atomic E-state index is 14.3. The lowest BCUT2D eigenvalue weighted by atomic mass is 10.1. The third-order valence-corrected chi connectivity index (χ3v) is 4.72. The standard InChI is InChI=1S/C17H15ClFN5O/c18-10-4-5-11(19)15-13(10)17(25)24(9-3-6-12(20)22-7-9)16(23-15)14(21)8-1-2-8/h3-8,14H,1-2,21H2,(H2,20,22)/t14-/m0/s1. The molecule has 128 valence electrons. The van der Waals surface area contributed by atoms with E-state index in [1.165, 1.54) is 22.9 Å². The molecule has 8 heteroatoms. The zero-order valence-corrected chi connectivity index (χ0v) is 13.9. The summed E-state index contributed by atoms with van der Waals surface area (Å²) in [6.45, 7) is 0. The first kappa shape index (κ1) is 16.0. The smallest absolute Gasteiger partial charge is 0.267 e. The van der Waals surface area contributed by atoms with Crippen LogP contribution in [0.15, 0.2) is 35.3 Å². The van der Waals surface area contributed by atoms with Crippen LogP contribution in [0.2, 0.25) is 5.02 Å². The molecular formula is C17H15ClFN5O. The zero-order chi connectivity index (χ0) is 17.7. The van der Waals surface area contributed by atoms with Crippen molar-refractivity contribution >= 4 is 28.3 Å². The average Bonchev–Trinajstić information content (AvgIpc) is 3.43. The zero-order valence-electron chi connectivity index (χ0n) is 13.1. The molecule has 1 aliphatic carbocycles. The van der Waals surface area contributed by atoms with Crippen molar-refractivity contribution in [2.45, 2.75) is 18.9 Å². The van der Waals surface area contributed by atoms with Crippen LogP contribution in [-0.4, -0.2) is 14.5 Å². The van der Waals surface area contributed by atoms with E-state index in [2.05, 4.69) is 9.97 Å². The Labute approximate surface area is 147 Å². The predicted octanol–water partition coefficient (Wildman–Crippen LogP) is 2.57. The Morgan fingerprint density at radius 3 is 2.68 bits per heavy atom. The second-order valence-electron chi connectivity index (χ2n) is 6.17. The molecule has 0 saturated heterocycles. The average molecular weight is 360 g/mol. The lowest BCUT2D eigenvalue weighted by Gasteiger charge is -2.18. The van der Waals surface area contributed by atoms with Crippen LogP contribution >= 0.6 is 11.6 Å². The van der Waals surface area contributed by atoms with Crippen molar-refractivity contribution in [1.82, 2.24) is 14.5 Å². The summed E-state index contributed by atoms with van der Waals surface area (Å²) < 4.78 is 15.6. The van der Waals surface area contributed by atoms with Gasteiger partial charge in [-0.1, -0.05) is 11.6 Å². The number of hydrogen-bond donors (Lipinski definition) is 2. The molecule has 2 heterocycles. The van der Waals surface area contributed by atoms with Crippen molar-refractivity contribution in [2.75, 3.05) is 5.73 Å². The highest BCUT2D eigenvalue weighted by molar-refractivity contribution is 6.35. The summed E-state index contributed by atoms with van der Waals surface area (Å²) in [4.78, 5) is 21.5. The van der Waals surface area contributed by atoms with E-state index in [1.54, 1.807) is 12.1 Å². The first-order chi connectivity index (χ1) is 12.0. The number of nitrogens with two attached hydrogens (primary N) is 2. The van der Waals surface area contributed by atoms with Crippen molar-refractivity contribution in [1.29, 1.82) is 0 Å². The van der Waals surface area contributed by atoms with E-state index in [1.807, 2.05) is 0 Å². The van der Waals surface area contributed by atoms with Crippen LogP contribution in [0, 0.1) is 11.7 Å². The molecule has 4 rings (SSSR count). The molecule has 1 aromatic carbocycles. The molecule has 25 heavy (non-hydrogen) atoms. The van der Waals surface area contributed by atoms with Crippen LogP contribution in [0.3, 0.4) is 0 Å². The summed E-state index contributed by atoms with van der Waals surface area (Å²) in [5.41, 5.74) is 11.8. The minimum atomic E-state index is -0.608. The van der Waals surface area contributed by atoms with E-state index in [0.717, 1.165) is 12.8 Å². The van der Waals surface area contributed by atoms with Crippen molar-refractivity contribution in [2.24, 2.45) is 11.7 Å². The summed E-state index contributed by atoms with van der Waals surface area (Å²) in [7, 11) is 0. The van der Waals surface area contributed by atoms with Gasteiger partial charge in [0.2, 0.25) is 0 Å². The number of benzene rings is 1. The number of hydrogen-bond acceptors (Lipinski definition) is 5. The largest absolute Gasteiger partial charge is 0.384 e. The SMILES string of the molecule is Nc1ccc(-n2c([C@@H](N)C3CC3)nc3c(F)ccc(Cl)c3c2=O)cn1. The highest BCUT2D eigenvalue weighted by Crippen LogP contribution is 2.39. The molecule has 6 nitrogen and oxygen atoms in total. The molecule has 0 aliphatic heterocycles. The summed E-state index contributed by atoms with van der Waals surface area (Å²) >= 11 is 6.14. The Balaban J connectivity index is 2.09. The van der Waals surface area contributed by atoms with Crippen molar-refractivity contribution in [3.05, 3.63) is 57.5 Å². The molecule has 3 aromatic rings. The molecule has 0 bridgehead atoms. The Morgan fingerprint density at radius 2 is 2.04 bits per heavy atom. The second-order valence-corrected chi connectivity index (χ2v) is 6.58. The van der Waals surface area contributed by atoms with E-state index >= 15 is 0 Å². The van der Waals surface area contributed by atoms with Gasteiger partial charge in [0.05, 0.1) is 28.3 Å². The summed E-state index contributed by atoms with van der Waals surface area (Å²) in [5, 5.41) is 0.155. The Hall–Kier alpha value is -2.51. The van der Waals surface area contributed by atoms with Gasteiger partial charge in [-0.2, -0.15) is 0 Å². The first-order valence-electron chi connectivity index (χ1n) is 7.85. The predicted molar refractivity (Wildman–Crippen MR) is 94.2 cm³/mol. The van der Waals surface area contributed by atoms with Gasteiger partial charge in [0, 0.05) is 0 Å². The summed E-state index contributed by atoms with van der Waals surface area (Å²) in [6.07, 6.45) is 3.36. The molecule has 1 aliphatic rings. The summed E-state index contributed by atoms with van der Waals surface area (Å²) in [5.74, 6) is 0.235. The molecule has 0 amide bonds. The molecular weight excluding hydrogens is 345 g/mol. The lowest BCUT2D eigenvalue weighted by molar-refractivity contribution is 0.570. The minimum absolute atomic E-state index is 0.0187. The van der Waals surface area contributed by atoms with Crippen LogP contribution in [0.4, 0.5) is 10.2 Å². The molecule has 2 aromatic heterocycles. The normalized spacial score (nSPS) is 15.5. The third-order valence-electron chi connectivity index (χ3n) is 4.41. The van der Waals surface area contributed by atoms with Crippen molar-refractivity contribution < 1.29 is 4.39 Å². The maximum Gasteiger partial charge on any atom is 0.267 e. The monoisotopic (exact) mass is 359 g/mol. The number of nitrogen functional groups attached to an aromatic ring is 1. The molecule has 4 N–H and O–H groups in total. The maximum absolute atomic E-state index is 14.3. The molecule has 0 spiro atoms. The molecule has 1 atom stereocenters. The number of fused-ring (bicyclic) bond motifs is 1. The van der Waals surface area contributed by atoms with Gasteiger partial charge in [-0.05, 0) is 43.0 Å². The van der Waals surface area contributed by atoms with Gasteiger partial charge in [0.15, 0.2) is 0 Å². The van der Waals surface area contributed by atoms with Crippen molar-refractivity contribution in [3.63, 3.8) is 0 Å². The number of aromatic nitrogens is 3. The Bertz CT molecular complexity index is 1030. The Kier molecular flexibility index (Phi) is 3.70. The highest BCUT2D eigenvalue weighted by Gasteiger charge is 2.33. The van der Waals surface area contributed by atoms with Crippen LogP contribution in [0.25, 0.3) is 16.6 Å². The number of pyridine rings is 1. The van der Waals surface area contributed by atoms with Crippen LogP contribution in [-0.2, 0) is 0 Å². The van der Waals surface area contributed by atoms with Crippen LogP contribution in [0.1, 0.15) is 24.7 Å². The first-order valence-corrected chi connectivity index (χ1v) is 8.23. The molecule has 1 saturated carbocycles. The van der Waals surface area contributed by atoms with Gasteiger partial charge in [0.25, 0.3) is 5.56 Å². The number of anilines is 1. The highest BCUT2D eigenvalue weighted by atomic mass is 35.5. The van der Waals surface area contributed by atoms with Gasteiger partial charge in [-0.25, -0.2) is 14.4 Å². The van der Waals surface area contributed by atoms with Crippen LogP contribution < -0.4 is 17.0 Å². The molecule has 0 unspecified atom stereocenters. The van der Waals surface area contributed by atoms with E-state index < -0.39 is 17.4 Å². The fourth-order valence-electron chi connectivity index (χ4n) is 2.90. The summed E-state index contributed by atoms with van der Waals surface area (Å²) in [6, 6.07) is 5.28. The lowest BCUT2D eigenvalue weighted by Crippen LogP contribution is -2.30. The number of rotatable bonds is 3. The van der Waals surface area contributed by atoms with Gasteiger partial charge in [0.1, 0.15) is 23.0 Å². The number of halogens is 2. The van der Waals surface area contributed by atoms with Crippen molar-refractivity contribution in [3.8, 4) is 5.69 Å². The fraction of sp³-hybridized carbons (Fsp3) is 0.235. The minimum Gasteiger partial charge on any atom is -0.384 e. The van der Waals surface area contributed by atoms with Gasteiger partial charge >= 0.3 is 0 Å². The third kappa shape index (κ3) is 2.65. The molecule has 1 fully saturated rings. The van der Waals surface area contributed by atoms with Gasteiger partial charge < -0.3 is 11.5 Å². The van der Waals surface area contributed by atoms with E-state index in [9.17, 15) is 9.18 Å². The molecule has 0 radical (unpaired) electrons. The fourth-order valence-corrected chi connectivity index (χ4v) is 3.14. The van der Waals surface area contributed by atoms with E-state index in [4.69, 9.17) is 23.1 Å². The topological polar surface area (TPSA) is 99.8 Å². The number of nitrogens with zero attached hydrogens (tertiary/aromatic N) is 3. The van der Waals surface area contributed by atoms with Gasteiger partial charge in [-0.3, -0.25) is 9.36 Å². The van der Waals surface area contributed by atoms with Gasteiger partial charge in [-0.15, -0.1) is 0 Å². The van der Waals surface area contributed by atoms with Crippen LogP contribution in [0.5, 0.6) is 0 Å².